The van der Waals surface area contributed by atoms with Gasteiger partial charge in [-0.1, -0.05) is 0 Å². The van der Waals surface area contributed by atoms with E-state index in [1.165, 1.54) is 12.8 Å². The van der Waals surface area contributed by atoms with Crippen LogP contribution in [0.4, 0.5) is 5.69 Å². The molecule has 4 nitrogen and oxygen atoms in total. The van der Waals surface area contributed by atoms with Crippen molar-refractivity contribution in [3.05, 3.63) is 16.8 Å². The summed E-state index contributed by atoms with van der Waals surface area (Å²) in [5.41, 5.74) is 8.04. The monoisotopic (exact) mass is 234 g/mol. The number of nitrogens with two attached hydrogens (primary N) is 1. The molecule has 84 valence electrons. The number of hydrogen-bond acceptors (Lipinski definition) is 4. The van der Waals surface area contributed by atoms with Crippen LogP contribution in [0, 0.1) is 6.92 Å². The molecule has 5 heteroatoms. The summed E-state index contributed by atoms with van der Waals surface area (Å²) in [6.07, 6.45) is 3.47. The van der Waals surface area contributed by atoms with Gasteiger partial charge in [0.05, 0.1) is 10.6 Å². The number of hydrogen-bond donors (Lipinski definition) is 1. The summed E-state index contributed by atoms with van der Waals surface area (Å²) in [7, 11) is 0. The molecule has 3 heterocycles. The first-order valence-electron chi connectivity index (χ1n) is 5.53. The highest BCUT2D eigenvalue weighted by atomic mass is 32.1. The van der Waals surface area contributed by atoms with Crippen LogP contribution in [0.25, 0.3) is 10.7 Å². The molecule has 0 amide bonds. The summed E-state index contributed by atoms with van der Waals surface area (Å²) >= 11 is 1.66. The van der Waals surface area contributed by atoms with E-state index in [4.69, 9.17) is 5.73 Å². The second-order valence-electron chi connectivity index (χ2n) is 4.21. The zero-order valence-corrected chi connectivity index (χ0v) is 10.0. The molecular formula is C11H14N4S. The Morgan fingerprint density at radius 2 is 2.25 bits per heavy atom. The summed E-state index contributed by atoms with van der Waals surface area (Å²) in [5.74, 6) is 2.05. The number of aromatic nitrogens is 3. The predicted molar refractivity (Wildman–Crippen MR) is 65.4 cm³/mol. The normalized spacial score (nSPS) is 15.1. The van der Waals surface area contributed by atoms with Crippen molar-refractivity contribution in [1.82, 2.24) is 14.8 Å². The Labute approximate surface area is 98.1 Å². The fraction of sp³-hybridized carbons (Fsp3) is 0.455. The van der Waals surface area contributed by atoms with E-state index in [2.05, 4.69) is 20.1 Å². The lowest BCUT2D eigenvalue weighted by Crippen LogP contribution is -2.11. The third-order valence-electron chi connectivity index (χ3n) is 3.09. The van der Waals surface area contributed by atoms with Crippen LogP contribution in [0.2, 0.25) is 0 Å². The summed E-state index contributed by atoms with van der Waals surface area (Å²) < 4.78 is 2.21. The minimum Gasteiger partial charge on any atom is -0.397 e. The van der Waals surface area contributed by atoms with Gasteiger partial charge in [0.1, 0.15) is 5.82 Å². The first-order valence-corrected chi connectivity index (χ1v) is 6.41. The van der Waals surface area contributed by atoms with Crippen molar-refractivity contribution in [1.29, 1.82) is 0 Å². The van der Waals surface area contributed by atoms with Gasteiger partial charge in [0, 0.05) is 13.0 Å². The number of rotatable bonds is 1. The van der Waals surface area contributed by atoms with Crippen molar-refractivity contribution in [2.45, 2.75) is 32.7 Å². The topological polar surface area (TPSA) is 56.7 Å². The SMILES string of the molecule is Cc1csc(-c2nnc3n2CCCC3)c1N. The Balaban J connectivity index is 2.13. The zero-order valence-electron chi connectivity index (χ0n) is 9.23. The third-order valence-corrected chi connectivity index (χ3v) is 4.20. The van der Waals surface area contributed by atoms with Crippen molar-refractivity contribution < 1.29 is 0 Å². The van der Waals surface area contributed by atoms with E-state index in [9.17, 15) is 0 Å². The molecule has 1 aliphatic heterocycles. The largest absolute Gasteiger partial charge is 0.397 e. The molecule has 0 bridgehead atoms. The fourth-order valence-electron chi connectivity index (χ4n) is 2.10. The second-order valence-corrected chi connectivity index (χ2v) is 5.09. The van der Waals surface area contributed by atoms with Crippen LogP contribution in [0.3, 0.4) is 0 Å². The van der Waals surface area contributed by atoms with Crippen molar-refractivity contribution in [2.75, 3.05) is 5.73 Å². The standard InChI is InChI=1S/C11H14N4S/c1-7-6-16-10(9(7)12)11-14-13-8-4-2-3-5-15(8)11/h6H,2-5,12H2,1H3. The third kappa shape index (κ3) is 1.35. The van der Waals surface area contributed by atoms with Crippen LogP contribution in [0.5, 0.6) is 0 Å². The summed E-state index contributed by atoms with van der Waals surface area (Å²) in [5, 5.41) is 10.6. The van der Waals surface area contributed by atoms with Gasteiger partial charge in [-0.15, -0.1) is 21.5 Å². The molecule has 0 saturated heterocycles. The number of aryl methyl sites for hydroxylation is 2. The predicted octanol–water partition coefficient (Wildman–Crippen LogP) is 2.23. The molecule has 2 aromatic rings. The van der Waals surface area contributed by atoms with E-state index in [1.54, 1.807) is 11.3 Å². The first-order chi connectivity index (χ1) is 7.77. The Bertz CT molecular complexity index is 526. The molecule has 0 fully saturated rings. The van der Waals surface area contributed by atoms with Crippen LogP contribution in [-0.4, -0.2) is 14.8 Å². The molecule has 0 aromatic carbocycles. The number of anilines is 1. The van der Waals surface area contributed by atoms with E-state index < -0.39 is 0 Å². The Kier molecular flexibility index (Phi) is 2.21. The molecule has 0 unspecified atom stereocenters. The highest BCUT2D eigenvalue weighted by molar-refractivity contribution is 7.14. The smallest absolute Gasteiger partial charge is 0.176 e. The van der Waals surface area contributed by atoms with Gasteiger partial charge in [0.15, 0.2) is 5.82 Å². The van der Waals surface area contributed by atoms with Crippen molar-refractivity contribution in [3.8, 4) is 10.7 Å². The fourth-order valence-corrected chi connectivity index (χ4v) is 3.07. The minimum absolute atomic E-state index is 0.853. The number of nitrogen functional groups attached to an aromatic ring is 1. The maximum atomic E-state index is 6.06. The Morgan fingerprint density at radius 3 is 3.00 bits per heavy atom. The average molecular weight is 234 g/mol. The summed E-state index contributed by atoms with van der Waals surface area (Å²) in [6, 6.07) is 0. The van der Waals surface area contributed by atoms with Gasteiger partial charge in [-0.05, 0) is 30.7 Å². The van der Waals surface area contributed by atoms with Crippen LogP contribution in [0.15, 0.2) is 5.38 Å². The van der Waals surface area contributed by atoms with Crippen LogP contribution in [0.1, 0.15) is 24.2 Å². The Morgan fingerprint density at radius 1 is 1.38 bits per heavy atom. The lowest BCUT2D eigenvalue weighted by molar-refractivity contribution is 0.526. The van der Waals surface area contributed by atoms with Crippen LogP contribution in [-0.2, 0) is 13.0 Å². The van der Waals surface area contributed by atoms with Crippen molar-refractivity contribution in [2.24, 2.45) is 0 Å². The summed E-state index contributed by atoms with van der Waals surface area (Å²) in [4.78, 5) is 1.07. The van der Waals surface area contributed by atoms with E-state index >= 15 is 0 Å². The molecule has 0 aliphatic carbocycles. The van der Waals surface area contributed by atoms with Crippen molar-refractivity contribution >= 4 is 17.0 Å². The molecule has 16 heavy (non-hydrogen) atoms. The van der Waals surface area contributed by atoms with Gasteiger partial charge in [-0.3, -0.25) is 0 Å². The minimum atomic E-state index is 0.853. The van der Waals surface area contributed by atoms with E-state index in [-0.39, 0.29) is 0 Å². The molecule has 3 rings (SSSR count). The number of thiophene rings is 1. The first kappa shape index (κ1) is 9.84. The highest BCUT2D eigenvalue weighted by Crippen LogP contribution is 2.34. The quantitative estimate of drug-likeness (QED) is 0.823. The molecule has 1 aliphatic rings. The second kappa shape index (κ2) is 3.59. The van der Waals surface area contributed by atoms with Gasteiger partial charge in [-0.2, -0.15) is 0 Å². The lowest BCUT2D eigenvalue weighted by Gasteiger charge is -2.14. The maximum Gasteiger partial charge on any atom is 0.176 e. The van der Waals surface area contributed by atoms with Gasteiger partial charge in [0.2, 0.25) is 0 Å². The van der Waals surface area contributed by atoms with Gasteiger partial charge in [0.25, 0.3) is 0 Å². The zero-order chi connectivity index (χ0) is 11.1. The van der Waals surface area contributed by atoms with Gasteiger partial charge < -0.3 is 10.3 Å². The summed E-state index contributed by atoms with van der Waals surface area (Å²) in [6.45, 7) is 3.05. The van der Waals surface area contributed by atoms with E-state index in [0.717, 1.165) is 40.7 Å². The van der Waals surface area contributed by atoms with Crippen LogP contribution >= 0.6 is 11.3 Å². The molecule has 0 spiro atoms. The van der Waals surface area contributed by atoms with E-state index in [1.807, 2.05) is 6.92 Å². The number of fused-ring (bicyclic) bond motifs is 1. The molecule has 0 radical (unpaired) electrons. The molecule has 2 aromatic heterocycles. The van der Waals surface area contributed by atoms with Crippen LogP contribution < -0.4 is 5.73 Å². The van der Waals surface area contributed by atoms with Gasteiger partial charge >= 0.3 is 0 Å². The van der Waals surface area contributed by atoms with E-state index in [0.29, 0.717) is 0 Å². The molecule has 0 saturated carbocycles. The molecule has 0 atom stereocenters. The molecule has 2 N–H and O–H groups in total. The highest BCUT2D eigenvalue weighted by Gasteiger charge is 2.19. The Hall–Kier alpha value is -1.36. The number of nitrogens with zero attached hydrogens (tertiary/aromatic N) is 3. The maximum absolute atomic E-state index is 6.06. The average Bonchev–Trinajstić information content (AvgIpc) is 2.85. The van der Waals surface area contributed by atoms with Crippen molar-refractivity contribution in [3.63, 3.8) is 0 Å². The lowest BCUT2D eigenvalue weighted by atomic mass is 10.1. The molecular weight excluding hydrogens is 220 g/mol. The van der Waals surface area contributed by atoms with Gasteiger partial charge in [-0.25, -0.2) is 0 Å².